The lowest BCUT2D eigenvalue weighted by atomic mass is 10.0. The third kappa shape index (κ3) is 3.30. The minimum atomic E-state index is -0.111. The molecule has 0 unspecified atom stereocenters. The average molecular weight is 408 g/mol. The number of nitrogens with zero attached hydrogens (tertiary/aromatic N) is 4. The van der Waals surface area contributed by atoms with E-state index in [2.05, 4.69) is 30.4 Å². The fourth-order valence-electron chi connectivity index (χ4n) is 3.93. The molecule has 5 rings (SSSR count). The van der Waals surface area contributed by atoms with Crippen molar-refractivity contribution in [1.29, 1.82) is 0 Å². The maximum atomic E-state index is 12.7. The molecule has 2 aliphatic rings. The van der Waals surface area contributed by atoms with Crippen molar-refractivity contribution in [2.24, 2.45) is 5.92 Å². The molecule has 0 saturated heterocycles. The summed E-state index contributed by atoms with van der Waals surface area (Å²) in [6.45, 7) is 2.04. The van der Waals surface area contributed by atoms with Gasteiger partial charge in [0.2, 0.25) is 0 Å². The van der Waals surface area contributed by atoms with E-state index in [0.717, 1.165) is 47.5 Å². The van der Waals surface area contributed by atoms with Gasteiger partial charge in [-0.15, -0.1) is 0 Å². The summed E-state index contributed by atoms with van der Waals surface area (Å²) >= 11 is 0. The Hall–Kier alpha value is -3.36. The van der Waals surface area contributed by atoms with Crippen molar-refractivity contribution in [3.8, 4) is 11.5 Å². The quantitative estimate of drug-likeness (QED) is 0.643. The third-order valence-corrected chi connectivity index (χ3v) is 5.82. The number of ether oxygens (including phenoxy) is 2. The van der Waals surface area contributed by atoms with Crippen LogP contribution in [0.25, 0.3) is 10.9 Å². The second-order valence-corrected chi connectivity index (χ2v) is 7.78. The molecule has 0 spiro atoms. The van der Waals surface area contributed by atoms with Gasteiger partial charge >= 0.3 is 0 Å². The highest BCUT2D eigenvalue weighted by molar-refractivity contribution is 5.95. The Morgan fingerprint density at radius 2 is 2.03 bits per heavy atom. The second-order valence-electron chi connectivity index (χ2n) is 7.78. The smallest absolute Gasteiger partial charge is 0.272 e. The number of hydrogen-bond acceptors (Lipinski definition) is 7. The van der Waals surface area contributed by atoms with Crippen LogP contribution in [-0.4, -0.2) is 53.4 Å². The summed E-state index contributed by atoms with van der Waals surface area (Å²) in [4.78, 5) is 23.7. The van der Waals surface area contributed by atoms with E-state index in [1.54, 1.807) is 20.5 Å². The Morgan fingerprint density at radius 3 is 2.80 bits per heavy atom. The second kappa shape index (κ2) is 7.47. The summed E-state index contributed by atoms with van der Waals surface area (Å²) < 4.78 is 10.9. The molecule has 3 heterocycles. The zero-order chi connectivity index (χ0) is 20.7. The third-order valence-electron chi connectivity index (χ3n) is 5.82. The molecule has 30 heavy (non-hydrogen) atoms. The number of hydrogen-bond donors (Lipinski definition) is 2. The normalized spacial score (nSPS) is 15.7. The van der Waals surface area contributed by atoms with E-state index in [4.69, 9.17) is 9.47 Å². The van der Waals surface area contributed by atoms with E-state index >= 15 is 0 Å². The van der Waals surface area contributed by atoms with Crippen LogP contribution in [0.4, 0.5) is 5.82 Å². The number of carbonyl (C=O) groups is 1. The number of rotatable bonds is 6. The van der Waals surface area contributed by atoms with Gasteiger partial charge in [-0.05, 0) is 24.8 Å². The molecule has 0 radical (unpaired) electrons. The van der Waals surface area contributed by atoms with Gasteiger partial charge in [-0.1, -0.05) is 0 Å². The van der Waals surface area contributed by atoms with Gasteiger partial charge in [0.05, 0.1) is 19.7 Å². The van der Waals surface area contributed by atoms with Gasteiger partial charge in [0.15, 0.2) is 17.2 Å². The van der Waals surface area contributed by atoms with E-state index in [1.807, 2.05) is 12.1 Å². The zero-order valence-electron chi connectivity index (χ0n) is 17.1. The molecule has 2 N–H and O–H groups in total. The molecule has 1 aromatic carbocycles. The van der Waals surface area contributed by atoms with Crippen LogP contribution in [0.5, 0.6) is 11.5 Å². The maximum absolute atomic E-state index is 12.7. The van der Waals surface area contributed by atoms with Crippen LogP contribution in [0.2, 0.25) is 0 Å². The average Bonchev–Trinajstić information content (AvgIpc) is 3.52. The summed E-state index contributed by atoms with van der Waals surface area (Å²) in [6, 6.07) is 3.75. The van der Waals surface area contributed by atoms with Crippen molar-refractivity contribution < 1.29 is 14.3 Å². The molecule has 1 aliphatic heterocycles. The molecule has 9 heteroatoms. The number of anilines is 1. The van der Waals surface area contributed by atoms with Gasteiger partial charge in [0.1, 0.15) is 12.1 Å². The molecular weight excluding hydrogens is 384 g/mol. The van der Waals surface area contributed by atoms with Crippen LogP contribution in [0.1, 0.15) is 34.6 Å². The van der Waals surface area contributed by atoms with E-state index in [1.165, 1.54) is 12.8 Å². The van der Waals surface area contributed by atoms with Gasteiger partial charge in [0, 0.05) is 48.8 Å². The molecule has 156 valence electrons. The number of aromatic nitrogens is 4. The number of carbonyl (C=O) groups excluding carboxylic acids is 1. The van der Waals surface area contributed by atoms with Gasteiger partial charge in [-0.2, -0.15) is 5.10 Å². The van der Waals surface area contributed by atoms with Crippen LogP contribution in [0, 0.1) is 5.92 Å². The fourth-order valence-corrected chi connectivity index (χ4v) is 3.93. The monoisotopic (exact) mass is 408 g/mol. The largest absolute Gasteiger partial charge is 0.493 e. The molecular formula is C21H24N6O3. The first-order valence-corrected chi connectivity index (χ1v) is 10.1. The first-order valence-electron chi connectivity index (χ1n) is 10.1. The minimum Gasteiger partial charge on any atom is -0.493 e. The van der Waals surface area contributed by atoms with Gasteiger partial charge in [0.25, 0.3) is 5.91 Å². The Morgan fingerprint density at radius 1 is 1.23 bits per heavy atom. The highest BCUT2D eigenvalue weighted by Gasteiger charge is 2.28. The van der Waals surface area contributed by atoms with Crippen molar-refractivity contribution in [2.75, 3.05) is 32.2 Å². The molecule has 1 saturated carbocycles. The molecule has 2 aromatic heterocycles. The molecule has 1 aliphatic carbocycles. The highest BCUT2D eigenvalue weighted by atomic mass is 16.5. The highest BCUT2D eigenvalue weighted by Crippen LogP contribution is 2.36. The summed E-state index contributed by atoms with van der Waals surface area (Å²) in [6.07, 6.45) is 4.71. The number of benzene rings is 1. The van der Waals surface area contributed by atoms with E-state index in [0.29, 0.717) is 29.7 Å². The van der Waals surface area contributed by atoms with Gasteiger partial charge < -0.3 is 19.7 Å². The molecule has 1 fully saturated rings. The topological polar surface area (TPSA) is 105 Å². The first kappa shape index (κ1) is 18.7. The number of methoxy groups -OCH3 is 2. The Bertz CT molecular complexity index is 1110. The van der Waals surface area contributed by atoms with Crippen LogP contribution >= 0.6 is 0 Å². The SMILES string of the molecule is COc1cc2ncnc(N3CCc4[nH]nc(C(=O)NCC5CC5)c4C3)c2cc1OC. The molecule has 9 nitrogen and oxygen atoms in total. The van der Waals surface area contributed by atoms with E-state index in [-0.39, 0.29) is 5.91 Å². The summed E-state index contributed by atoms with van der Waals surface area (Å²) in [7, 11) is 3.21. The first-order chi connectivity index (χ1) is 14.7. The van der Waals surface area contributed by atoms with Crippen molar-refractivity contribution in [1.82, 2.24) is 25.5 Å². The van der Waals surface area contributed by atoms with Gasteiger partial charge in [-0.3, -0.25) is 9.89 Å². The summed E-state index contributed by atoms with van der Waals surface area (Å²) in [5.74, 6) is 2.57. The Kier molecular flexibility index (Phi) is 4.65. The van der Waals surface area contributed by atoms with Crippen LogP contribution < -0.4 is 19.7 Å². The van der Waals surface area contributed by atoms with Crippen molar-refractivity contribution in [2.45, 2.75) is 25.8 Å². The lowest BCUT2D eigenvalue weighted by Crippen LogP contribution is -2.33. The van der Waals surface area contributed by atoms with Crippen molar-refractivity contribution >= 4 is 22.6 Å². The number of fused-ring (bicyclic) bond motifs is 2. The Balaban J connectivity index is 1.46. The number of amides is 1. The van der Waals surface area contributed by atoms with E-state index < -0.39 is 0 Å². The lowest BCUT2D eigenvalue weighted by Gasteiger charge is -2.29. The molecule has 1 amide bonds. The standard InChI is InChI=1S/C21H24N6O3/c1-29-17-7-13-16(8-18(17)30-2)23-11-24-20(13)27-6-5-15-14(10-27)19(26-25-15)21(28)22-9-12-3-4-12/h7-8,11-12H,3-6,9-10H2,1-2H3,(H,22,28)(H,25,26). The molecule has 3 aromatic rings. The van der Waals surface area contributed by atoms with Gasteiger partial charge in [-0.25, -0.2) is 9.97 Å². The summed E-state index contributed by atoms with van der Waals surface area (Å²) in [5, 5.41) is 11.2. The van der Waals surface area contributed by atoms with Crippen molar-refractivity contribution in [3.05, 3.63) is 35.4 Å². The number of nitrogens with one attached hydrogen (secondary N) is 2. The van der Waals surface area contributed by atoms with Crippen LogP contribution in [0.3, 0.4) is 0 Å². The maximum Gasteiger partial charge on any atom is 0.272 e. The Labute approximate surface area is 173 Å². The van der Waals surface area contributed by atoms with Crippen LogP contribution in [0.15, 0.2) is 18.5 Å². The molecule has 0 atom stereocenters. The van der Waals surface area contributed by atoms with E-state index in [9.17, 15) is 4.79 Å². The van der Waals surface area contributed by atoms with Crippen molar-refractivity contribution in [3.63, 3.8) is 0 Å². The predicted octanol–water partition coefficient (Wildman–Crippen LogP) is 2.07. The molecule has 0 bridgehead atoms. The number of H-pyrrole nitrogens is 1. The van der Waals surface area contributed by atoms with Crippen LogP contribution in [-0.2, 0) is 13.0 Å². The fraction of sp³-hybridized carbons (Fsp3) is 0.429. The number of aromatic amines is 1. The lowest BCUT2D eigenvalue weighted by molar-refractivity contribution is 0.0945. The zero-order valence-corrected chi connectivity index (χ0v) is 17.1. The predicted molar refractivity (Wildman–Crippen MR) is 111 cm³/mol. The minimum absolute atomic E-state index is 0.111. The summed E-state index contributed by atoms with van der Waals surface area (Å²) in [5.41, 5.74) is 3.20.